The number of rotatable bonds is 2. The second-order valence-electron chi connectivity index (χ2n) is 5.15. The van der Waals surface area contributed by atoms with E-state index in [0.717, 1.165) is 24.8 Å². The molecule has 2 aromatic rings. The smallest absolute Gasteiger partial charge is 0.0964 e. The molecular weight excluding hydrogens is 220 g/mol. The third kappa shape index (κ3) is 1.85. The van der Waals surface area contributed by atoms with Gasteiger partial charge in [-0.05, 0) is 30.4 Å². The van der Waals surface area contributed by atoms with Crippen LogP contribution in [0.2, 0.25) is 0 Å². The highest BCUT2D eigenvalue weighted by Gasteiger charge is 2.42. The Morgan fingerprint density at radius 1 is 0.889 bits per heavy atom. The van der Waals surface area contributed by atoms with Crippen molar-refractivity contribution in [3.8, 4) is 0 Å². The highest BCUT2D eigenvalue weighted by atomic mass is 16.3. The minimum Gasteiger partial charge on any atom is -0.385 e. The van der Waals surface area contributed by atoms with E-state index in [0.29, 0.717) is 0 Å². The molecule has 1 heteroatoms. The van der Waals surface area contributed by atoms with Crippen molar-refractivity contribution in [3.63, 3.8) is 0 Å². The molecule has 0 heterocycles. The van der Waals surface area contributed by atoms with Gasteiger partial charge >= 0.3 is 0 Å². The van der Waals surface area contributed by atoms with Gasteiger partial charge in [0.15, 0.2) is 0 Å². The van der Waals surface area contributed by atoms with Crippen molar-refractivity contribution in [2.24, 2.45) is 0 Å². The molecule has 0 aliphatic heterocycles. The van der Waals surface area contributed by atoms with E-state index in [1.54, 1.807) is 0 Å². The number of hydrogen-bond acceptors (Lipinski definition) is 1. The summed E-state index contributed by atoms with van der Waals surface area (Å²) in [5.41, 5.74) is 1.61. The van der Waals surface area contributed by atoms with Gasteiger partial charge in [0.05, 0.1) is 5.60 Å². The molecule has 92 valence electrons. The van der Waals surface area contributed by atoms with E-state index in [1.165, 1.54) is 5.56 Å². The molecule has 0 radical (unpaired) electrons. The molecule has 1 N–H and O–H groups in total. The molecule has 2 atom stereocenters. The molecule has 1 aliphatic rings. The Morgan fingerprint density at radius 2 is 1.50 bits per heavy atom. The first-order valence-corrected chi connectivity index (χ1v) is 6.63. The Morgan fingerprint density at radius 3 is 2.17 bits per heavy atom. The summed E-state index contributed by atoms with van der Waals surface area (Å²) in [4.78, 5) is 0. The molecule has 1 saturated carbocycles. The topological polar surface area (TPSA) is 20.2 Å². The molecule has 0 bridgehead atoms. The van der Waals surface area contributed by atoms with Crippen LogP contribution in [0.25, 0.3) is 0 Å². The van der Waals surface area contributed by atoms with Crippen molar-refractivity contribution in [2.45, 2.75) is 30.8 Å². The summed E-state index contributed by atoms with van der Waals surface area (Å²) in [5.74, 6) is 0.223. The van der Waals surface area contributed by atoms with Gasteiger partial charge in [0.25, 0.3) is 0 Å². The Bertz CT molecular complexity index is 506. The first-order chi connectivity index (χ1) is 8.81. The summed E-state index contributed by atoms with van der Waals surface area (Å²) >= 11 is 0. The largest absolute Gasteiger partial charge is 0.385 e. The van der Waals surface area contributed by atoms with Crippen molar-refractivity contribution < 1.29 is 5.11 Å². The van der Waals surface area contributed by atoms with Crippen LogP contribution in [0.4, 0.5) is 0 Å². The van der Waals surface area contributed by atoms with E-state index in [9.17, 15) is 5.11 Å². The van der Waals surface area contributed by atoms with Crippen molar-refractivity contribution in [3.05, 3.63) is 71.8 Å². The molecule has 0 amide bonds. The fourth-order valence-corrected chi connectivity index (χ4v) is 3.19. The quantitative estimate of drug-likeness (QED) is 0.842. The first kappa shape index (κ1) is 11.5. The lowest BCUT2D eigenvalue weighted by Gasteiger charge is -2.31. The van der Waals surface area contributed by atoms with E-state index in [-0.39, 0.29) is 5.92 Å². The van der Waals surface area contributed by atoms with E-state index < -0.39 is 5.60 Å². The van der Waals surface area contributed by atoms with Gasteiger partial charge in [-0.3, -0.25) is 0 Å². The van der Waals surface area contributed by atoms with Gasteiger partial charge in [-0.1, -0.05) is 60.7 Å². The van der Waals surface area contributed by atoms with Gasteiger partial charge in [0, 0.05) is 5.92 Å². The molecule has 18 heavy (non-hydrogen) atoms. The first-order valence-electron chi connectivity index (χ1n) is 6.63. The average molecular weight is 238 g/mol. The van der Waals surface area contributed by atoms with Crippen LogP contribution in [0.5, 0.6) is 0 Å². The fraction of sp³-hybridized carbons (Fsp3) is 0.294. The molecule has 0 spiro atoms. The average Bonchev–Trinajstić information content (AvgIpc) is 2.84. The van der Waals surface area contributed by atoms with Gasteiger partial charge in [-0.15, -0.1) is 0 Å². The molecule has 0 unspecified atom stereocenters. The second-order valence-corrected chi connectivity index (χ2v) is 5.15. The van der Waals surface area contributed by atoms with Gasteiger partial charge in [-0.25, -0.2) is 0 Å². The Balaban J connectivity index is 2.01. The maximum absolute atomic E-state index is 11.1. The molecule has 3 rings (SSSR count). The van der Waals surface area contributed by atoms with Crippen LogP contribution in [0, 0.1) is 0 Å². The summed E-state index contributed by atoms with van der Waals surface area (Å²) in [6, 6.07) is 20.5. The lowest BCUT2D eigenvalue weighted by Crippen LogP contribution is -2.28. The van der Waals surface area contributed by atoms with E-state index in [1.807, 2.05) is 36.4 Å². The zero-order chi connectivity index (χ0) is 12.4. The summed E-state index contributed by atoms with van der Waals surface area (Å²) in [6.07, 6.45) is 3.01. The molecule has 1 fully saturated rings. The van der Waals surface area contributed by atoms with E-state index in [4.69, 9.17) is 0 Å². The van der Waals surface area contributed by atoms with Gasteiger partial charge in [-0.2, -0.15) is 0 Å². The predicted octanol–water partition coefficient (Wildman–Crippen LogP) is 3.84. The van der Waals surface area contributed by atoms with Crippen LogP contribution in [0.3, 0.4) is 0 Å². The molecule has 2 aromatic carbocycles. The summed E-state index contributed by atoms with van der Waals surface area (Å²) in [6.45, 7) is 0. The van der Waals surface area contributed by atoms with Crippen LogP contribution in [0.15, 0.2) is 60.7 Å². The lowest BCUT2D eigenvalue weighted by atomic mass is 9.80. The summed E-state index contributed by atoms with van der Waals surface area (Å²) in [7, 11) is 0. The normalized spacial score (nSPS) is 27.3. The summed E-state index contributed by atoms with van der Waals surface area (Å²) in [5, 5.41) is 11.1. The minimum atomic E-state index is -0.692. The highest BCUT2D eigenvalue weighted by molar-refractivity contribution is 5.32. The lowest BCUT2D eigenvalue weighted by molar-refractivity contribution is 0.0259. The number of hydrogen-bond donors (Lipinski definition) is 1. The third-order valence-corrected chi connectivity index (χ3v) is 4.10. The standard InChI is InChI=1S/C17H18O/c18-17(15-10-5-2-6-11-15)13-7-12-16(17)14-8-3-1-4-9-14/h1-6,8-11,16,18H,7,12-13H2/t16-,17+/m0/s1. The molecule has 0 saturated heterocycles. The van der Waals surface area contributed by atoms with Crippen LogP contribution in [0.1, 0.15) is 36.3 Å². The number of aliphatic hydroxyl groups is 1. The zero-order valence-electron chi connectivity index (χ0n) is 10.4. The van der Waals surface area contributed by atoms with E-state index in [2.05, 4.69) is 24.3 Å². The van der Waals surface area contributed by atoms with Crippen molar-refractivity contribution in [1.29, 1.82) is 0 Å². The van der Waals surface area contributed by atoms with Gasteiger partial charge in [0.2, 0.25) is 0 Å². The van der Waals surface area contributed by atoms with Gasteiger partial charge < -0.3 is 5.11 Å². The molecule has 0 aromatic heterocycles. The highest BCUT2D eigenvalue weighted by Crippen LogP contribution is 2.49. The maximum Gasteiger partial charge on any atom is 0.0964 e. The van der Waals surface area contributed by atoms with Crippen LogP contribution < -0.4 is 0 Å². The van der Waals surface area contributed by atoms with Crippen molar-refractivity contribution >= 4 is 0 Å². The Hall–Kier alpha value is -1.60. The monoisotopic (exact) mass is 238 g/mol. The van der Waals surface area contributed by atoms with Crippen LogP contribution in [-0.4, -0.2) is 5.11 Å². The predicted molar refractivity (Wildman–Crippen MR) is 73.4 cm³/mol. The van der Waals surface area contributed by atoms with Crippen LogP contribution in [-0.2, 0) is 5.60 Å². The van der Waals surface area contributed by atoms with Crippen molar-refractivity contribution in [1.82, 2.24) is 0 Å². The minimum absolute atomic E-state index is 0.223. The Labute approximate surface area is 108 Å². The molecule has 1 aliphatic carbocycles. The SMILES string of the molecule is O[C@@]1(c2ccccc2)CCC[C@H]1c1ccccc1. The maximum atomic E-state index is 11.1. The van der Waals surface area contributed by atoms with Crippen molar-refractivity contribution in [2.75, 3.05) is 0 Å². The fourth-order valence-electron chi connectivity index (χ4n) is 3.19. The molecular formula is C17H18O. The second kappa shape index (κ2) is 4.58. The number of benzene rings is 2. The van der Waals surface area contributed by atoms with Crippen LogP contribution >= 0.6 is 0 Å². The zero-order valence-corrected chi connectivity index (χ0v) is 10.4. The molecule has 1 nitrogen and oxygen atoms in total. The Kier molecular flexibility index (Phi) is 2.92. The summed E-state index contributed by atoms with van der Waals surface area (Å²) < 4.78 is 0. The third-order valence-electron chi connectivity index (χ3n) is 4.10. The van der Waals surface area contributed by atoms with Gasteiger partial charge in [0.1, 0.15) is 0 Å². The van der Waals surface area contributed by atoms with E-state index >= 15 is 0 Å².